The molecule has 0 aliphatic carbocycles. The minimum absolute atomic E-state index is 0. The van der Waals surface area contributed by atoms with Crippen LogP contribution in [-0.2, 0) is 6.18 Å². The first-order valence-corrected chi connectivity index (χ1v) is 7.61. The molecule has 11 heteroatoms. The maximum absolute atomic E-state index is 13.9. The van der Waals surface area contributed by atoms with E-state index in [1.165, 1.54) is 17.0 Å². The number of halogens is 5. The zero-order chi connectivity index (χ0) is 18.2. The van der Waals surface area contributed by atoms with Gasteiger partial charge in [0, 0.05) is 19.1 Å². The van der Waals surface area contributed by atoms with Crippen molar-refractivity contribution < 1.29 is 22.4 Å². The summed E-state index contributed by atoms with van der Waals surface area (Å²) in [6.07, 6.45) is -3.65. The van der Waals surface area contributed by atoms with Crippen molar-refractivity contribution in [1.82, 2.24) is 19.9 Å². The molecule has 1 saturated heterocycles. The van der Waals surface area contributed by atoms with Crippen LogP contribution in [0.2, 0.25) is 0 Å². The van der Waals surface area contributed by atoms with Crippen molar-refractivity contribution in [3.8, 4) is 5.69 Å². The molecule has 1 unspecified atom stereocenters. The predicted molar refractivity (Wildman–Crippen MR) is 86.7 cm³/mol. The van der Waals surface area contributed by atoms with Crippen LogP contribution in [0.25, 0.3) is 5.69 Å². The third-order valence-corrected chi connectivity index (χ3v) is 3.97. The van der Waals surface area contributed by atoms with Gasteiger partial charge in [-0.05, 0) is 25.0 Å². The summed E-state index contributed by atoms with van der Waals surface area (Å²) in [6.45, 7) is 0.430. The third-order valence-electron chi connectivity index (χ3n) is 3.97. The molecule has 0 bridgehead atoms. The Morgan fingerprint density at radius 3 is 2.58 bits per heavy atom. The molecule has 0 spiro atoms. The van der Waals surface area contributed by atoms with Gasteiger partial charge in [0.15, 0.2) is 11.4 Å². The average Bonchev–Trinajstić information content (AvgIpc) is 2.99. The van der Waals surface area contributed by atoms with E-state index in [2.05, 4.69) is 10.3 Å². The zero-order valence-electron chi connectivity index (χ0n) is 13.4. The fourth-order valence-electron chi connectivity index (χ4n) is 2.82. The fourth-order valence-corrected chi connectivity index (χ4v) is 2.82. The molecule has 1 aromatic heterocycles. The molecule has 1 aliphatic heterocycles. The number of nitrogens with zero attached hydrogens (tertiary/aromatic N) is 4. The van der Waals surface area contributed by atoms with Gasteiger partial charge in [0.2, 0.25) is 0 Å². The number of para-hydroxylation sites is 1. The van der Waals surface area contributed by atoms with Crippen LogP contribution in [0.4, 0.5) is 17.6 Å². The second-order valence-corrected chi connectivity index (χ2v) is 5.80. The molecular weight excluding hydrogens is 378 g/mol. The van der Waals surface area contributed by atoms with Crippen LogP contribution in [0.1, 0.15) is 29.0 Å². The first-order chi connectivity index (χ1) is 11.8. The molecule has 26 heavy (non-hydrogen) atoms. The molecule has 1 amide bonds. The summed E-state index contributed by atoms with van der Waals surface area (Å²) in [4.78, 5) is 13.7. The van der Waals surface area contributed by atoms with Gasteiger partial charge in [-0.3, -0.25) is 4.79 Å². The Morgan fingerprint density at radius 2 is 1.96 bits per heavy atom. The van der Waals surface area contributed by atoms with E-state index in [0.29, 0.717) is 17.5 Å². The molecule has 0 radical (unpaired) electrons. The number of hydrogen-bond donors (Lipinski definition) is 1. The number of carbonyl (C=O) groups is 1. The topological polar surface area (TPSA) is 77.0 Å². The summed E-state index contributed by atoms with van der Waals surface area (Å²) in [5, 5.41) is 6.77. The lowest BCUT2D eigenvalue weighted by molar-refractivity contribution is -0.143. The van der Waals surface area contributed by atoms with E-state index < -0.39 is 35.0 Å². The molecule has 1 fully saturated rings. The third kappa shape index (κ3) is 3.80. The number of nitrogens with two attached hydrogens (primary N) is 1. The highest BCUT2D eigenvalue weighted by atomic mass is 35.5. The molecule has 1 aromatic carbocycles. The maximum Gasteiger partial charge on any atom is 0.435 e. The normalized spacial score (nSPS) is 17.7. The molecule has 2 N–H and O–H groups in total. The SMILES string of the molecule is Cl.NC1CCCN(C(=O)c2nnn(-c3ccccc3F)c2C(F)(F)F)C1. The molecule has 1 atom stereocenters. The second-order valence-electron chi connectivity index (χ2n) is 5.80. The molecule has 2 heterocycles. The lowest BCUT2D eigenvalue weighted by atomic mass is 10.1. The second kappa shape index (κ2) is 7.58. The van der Waals surface area contributed by atoms with Crippen LogP contribution in [0.5, 0.6) is 0 Å². The molecular formula is C15H16ClF4N5O. The summed E-state index contributed by atoms with van der Waals surface area (Å²) >= 11 is 0. The summed E-state index contributed by atoms with van der Waals surface area (Å²) in [7, 11) is 0. The van der Waals surface area contributed by atoms with Gasteiger partial charge in [-0.15, -0.1) is 17.5 Å². The van der Waals surface area contributed by atoms with E-state index in [1.54, 1.807) is 0 Å². The fraction of sp³-hybridized carbons (Fsp3) is 0.400. The van der Waals surface area contributed by atoms with E-state index in [-0.39, 0.29) is 31.5 Å². The highest BCUT2D eigenvalue weighted by molar-refractivity contribution is 5.93. The molecule has 0 saturated carbocycles. The van der Waals surface area contributed by atoms with Crippen molar-refractivity contribution in [2.24, 2.45) is 5.73 Å². The van der Waals surface area contributed by atoms with Crippen LogP contribution < -0.4 is 5.73 Å². The van der Waals surface area contributed by atoms with Crippen LogP contribution in [0, 0.1) is 5.82 Å². The summed E-state index contributed by atoms with van der Waals surface area (Å²) in [5.41, 5.74) is 3.08. The quantitative estimate of drug-likeness (QED) is 0.795. The minimum atomic E-state index is -4.94. The van der Waals surface area contributed by atoms with Crippen molar-refractivity contribution in [3.05, 3.63) is 41.5 Å². The highest BCUT2D eigenvalue weighted by Crippen LogP contribution is 2.34. The van der Waals surface area contributed by atoms with Crippen LogP contribution in [-0.4, -0.2) is 44.9 Å². The maximum atomic E-state index is 13.9. The minimum Gasteiger partial charge on any atom is -0.336 e. The van der Waals surface area contributed by atoms with Crippen LogP contribution in [0.15, 0.2) is 24.3 Å². The number of rotatable bonds is 2. The van der Waals surface area contributed by atoms with E-state index in [9.17, 15) is 22.4 Å². The van der Waals surface area contributed by atoms with Gasteiger partial charge >= 0.3 is 6.18 Å². The first-order valence-electron chi connectivity index (χ1n) is 7.61. The highest BCUT2D eigenvalue weighted by Gasteiger charge is 2.43. The van der Waals surface area contributed by atoms with Crippen molar-refractivity contribution in [2.45, 2.75) is 25.1 Å². The molecule has 6 nitrogen and oxygen atoms in total. The Bertz CT molecular complexity index is 795. The lowest BCUT2D eigenvalue weighted by Gasteiger charge is -2.30. The number of aromatic nitrogens is 3. The molecule has 142 valence electrons. The number of hydrogen-bond acceptors (Lipinski definition) is 4. The van der Waals surface area contributed by atoms with Crippen LogP contribution in [0.3, 0.4) is 0 Å². The Kier molecular flexibility index (Phi) is 5.87. The first kappa shape index (κ1) is 20.1. The van der Waals surface area contributed by atoms with Gasteiger partial charge in [0.1, 0.15) is 11.5 Å². The Balaban J connectivity index is 0.00000243. The number of alkyl halides is 3. The van der Waals surface area contributed by atoms with Crippen molar-refractivity contribution in [1.29, 1.82) is 0 Å². The smallest absolute Gasteiger partial charge is 0.336 e. The average molecular weight is 394 g/mol. The van der Waals surface area contributed by atoms with Gasteiger partial charge < -0.3 is 10.6 Å². The number of likely N-dealkylation sites (tertiary alicyclic amines) is 1. The van der Waals surface area contributed by atoms with E-state index >= 15 is 0 Å². The zero-order valence-corrected chi connectivity index (χ0v) is 14.2. The predicted octanol–water partition coefficient (Wildman–Crippen LogP) is 2.41. The number of piperidine rings is 1. The molecule has 1 aliphatic rings. The van der Waals surface area contributed by atoms with Crippen molar-refractivity contribution in [3.63, 3.8) is 0 Å². The summed E-state index contributed by atoms with van der Waals surface area (Å²) in [5.74, 6) is -1.82. The van der Waals surface area contributed by atoms with Crippen molar-refractivity contribution >= 4 is 18.3 Å². The Hall–Kier alpha value is -2.20. The van der Waals surface area contributed by atoms with Gasteiger partial charge in [0.05, 0.1) is 0 Å². The van der Waals surface area contributed by atoms with Gasteiger partial charge in [-0.2, -0.15) is 13.2 Å². The number of amides is 1. The Labute approximate surface area is 152 Å². The lowest BCUT2D eigenvalue weighted by Crippen LogP contribution is -2.46. The van der Waals surface area contributed by atoms with E-state index in [4.69, 9.17) is 5.73 Å². The van der Waals surface area contributed by atoms with E-state index in [0.717, 1.165) is 12.1 Å². The van der Waals surface area contributed by atoms with E-state index in [1.807, 2.05) is 0 Å². The standard InChI is InChI=1S/C15H15F4N5O.ClH/c16-10-5-1-2-6-11(10)24-13(15(17,18)19)12(21-22-24)14(25)23-7-3-4-9(20)8-23;/h1-2,5-6,9H,3-4,7-8,20H2;1H. The number of benzene rings is 1. The monoisotopic (exact) mass is 393 g/mol. The molecule has 2 aromatic rings. The largest absolute Gasteiger partial charge is 0.435 e. The molecule has 3 rings (SSSR count). The summed E-state index contributed by atoms with van der Waals surface area (Å²) in [6, 6.07) is 4.54. The number of carbonyl (C=O) groups excluding carboxylic acids is 1. The Morgan fingerprint density at radius 1 is 1.27 bits per heavy atom. The van der Waals surface area contributed by atoms with Crippen molar-refractivity contribution in [2.75, 3.05) is 13.1 Å². The van der Waals surface area contributed by atoms with Gasteiger partial charge in [0.25, 0.3) is 5.91 Å². The van der Waals surface area contributed by atoms with Gasteiger partial charge in [-0.1, -0.05) is 17.3 Å². The van der Waals surface area contributed by atoms with Gasteiger partial charge in [-0.25, -0.2) is 9.07 Å². The summed E-state index contributed by atoms with van der Waals surface area (Å²) < 4.78 is 54.8. The van der Waals surface area contributed by atoms with Crippen LogP contribution >= 0.6 is 12.4 Å².